The highest BCUT2D eigenvalue weighted by molar-refractivity contribution is 5.87. The highest BCUT2D eigenvalue weighted by Gasteiger charge is 2.28. The zero-order chi connectivity index (χ0) is 15.7. The van der Waals surface area contributed by atoms with Crippen LogP contribution >= 0.6 is 0 Å². The topological polar surface area (TPSA) is 46.3 Å². The molecule has 0 saturated carbocycles. The van der Waals surface area contributed by atoms with E-state index in [1.54, 1.807) is 0 Å². The largest absolute Gasteiger partial charge is 0.405 e. The second-order valence-corrected chi connectivity index (χ2v) is 4.81. The molecule has 110 valence electrons. The fourth-order valence-corrected chi connectivity index (χ4v) is 2.03. The standard InChI is InChI=1S/C15H21NO.C2H5N/c1-6-15(17)16-9-7-8-14(16)13(5)10-12(4)11(2)3;1-2-3/h6,10,14H,1-2,5,7-9H2,3-4H3;2H,1,3H2/b12-10+;. The van der Waals surface area contributed by atoms with Crippen LogP contribution in [0, 0.1) is 0 Å². The molecule has 1 aliphatic heterocycles. The van der Waals surface area contributed by atoms with E-state index in [1.165, 1.54) is 12.3 Å². The molecule has 0 aromatic rings. The Labute approximate surface area is 122 Å². The SMILES string of the molecule is C=CC(=O)N1CCCC1C(=C)/C=C(\C)C(=C)C.C=CN. The molecule has 1 amide bonds. The Morgan fingerprint density at radius 3 is 2.30 bits per heavy atom. The fraction of sp³-hybridized carbons (Fsp3) is 0.353. The van der Waals surface area contributed by atoms with Crippen LogP contribution in [0.15, 0.2) is 61.4 Å². The first-order valence-corrected chi connectivity index (χ1v) is 6.67. The van der Waals surface area contributed by atoms with Gasteiger partial charge in [0.2, 0.25) is 5.91 Å². The Kier molecular flexibility index (Phi) is 8.06. The van der Waals surface area contributed by atoms with Crippen LogP contribution in [-0.4, -0.2) is 23.4 Å². The Hall–Kier alpha value is -2.03. The number of likely N-dealkylation sites (tertiary alicyclic amines) is 1. The van der Waals surface area contributed by atoms with Crippen molar-refractivity contribution in [1.29, 1.82) is 0 Å². The van der Waals surface area contributed by atoms with Crippen LogP contribution in [0.5, 0.6) is 0 Å². The molecular formula is C17H26N2O. The van der Waals surface area contributed by atoms with E-state index in [9.17, 15) is 4.79 Å². The second kappa shape index (κ2) is 8.97. The van der Waals surface area contributed by atoms with Gasteiger partial charge in [-0.25, -0.2) is 0 Å². The van der Waals surface area contributed by atoms with E-state index >= 15 is 0 Å². The first-order valence-electron chi connectivity index (χ1n) is 6.67. The maximum atomic E-state index is 11.7. The highest BCUT2D eigenvalue weighted by Crippen LogP contribution is 2.25. The lowest BCUT2D eigenvalue weighted by atomic mass is 10.0. The molecule has 1 atom stereocenters. The maximum absolute atomic E-state index is 11.7. The molecule has 3 nitrogen and oxygen atoms in total. The molecule has 1 heterocycles. The minimum Gasteiger partial charge on any atom is -0.405 e. The van der Waals surface area contributed by atoms with E-state index in [-0.39, 0.29) is 11.9 Å². The van der Waals surface area contributed by atoms with E-state index < -0.39 is 0 Å². The molecule has 1 fully saturated rings. The molecule has 20 heavy (non-hydrogen) atoms. The van der Waals surface area contributed by atoms with Crippen molar-refractivity contribution in [3.8, 4) is 0 Å². The van der Waals surface area contributed by atoms with Crippen molar-refractivity contribution in [2.24, 2.45) is 5.73 Å². The van der Waals surface area contributed by atoms with Crippen molar-refractivity contribution in [2.45, 2.75) is 32.7 Å². The molecule has 1 saturated heterocycles. The minimum absolute atomic E-state index is 0.00460. The number of hydrogen-bond acceptors (Lipinski definition) is 2. The molecule has 0 bridgehead atoms. The number of amides is 1. The normalized spacial score (nSPS) is 17.8. The van der Waals surface area contributed by atoms with Gasteiger partial charge in [0.05, 0.1) is 6.04 Å². The van der Waals surface area contributed by atoms with Crippen molar-refractivity contribution in [2.75, 3.05) is 6.54 Å². The van der Waals surface area contributed by atoms with Crippen molar-refractivity contribution in [3.63, 3.8) is 0 Å². The van der Waals surface area contributed by atoms with Gasteiger partial charge in [0.1, 0.15) is 0 Å². The van der Waals surface area contributed by atoms with Crippen molar-refractivity contribution >= 4 is 5.91 Å². The second-order valence-electron chi connectivity index (χ2n) is 4.81. The van der Waals surface area contributed by atoms with E-state index in [0.29, 0.717) is 0 Å². The molecule has 1 unspecified atom stereocenters. The summed E-state index contributed by atoms with van der Waals surface area (Å²) in [6.45, 7) is 19.4. The van der Waals surface area contributed by atoms with Crippen molar-refractivity contribution in [3.05, 3.63) is 61.4 Å². The van der Waals surface area contributed by atoms with Gasteiger partial charge < -0.3 is 10.6 Å². The van der Waals surface area contributed by atoms with Crippen LogP contribution in [0.4, 0.5) is 0 Å². The molecule has 1 aliphatic rings. The minimum atomic E-state index is -0.00460. The Morgan fingerprint density at radius 2 is 1.85 bits per heavy atom. The fourth-order valence-electron chi connectivity index (χ4n) is 2.03. The summed E-state index contributed by atoms with van der Waals surface area (Å²) in [7, 11) is 0. The number of nitrogens with zero attached hydrogens (tertiary/aromatic N) is 1. The summed E-state index contributed by atoms with van der Waals surface area (Å²) in [6, 6.07) is 0.120. The predicted octanol–water partition coefficient (Wildman–Crippen LogP) is 3.33. The first-order chi connectivity index (χ1) is 9.38. The van der Waals surface area contributed by atoms with Gasteiger partial charge >= 0.3 is 0 Å². The number of allylic oxidation sites excluding steroid dienone is 2. The molecule has 0 aromatic heterocycles. The quantitative estimate of drug-likeness (QED) is 0.631. The van der Waals surface area contributed by atoms with Crippen LogP contribution < -0.4 is 5.73 Å². The lowest BCUT2D eigenvalue weighted by Crippen LogP contribution is -2.34. The number of carbonyl (C=O) groups excluding carboxylic acids is 1. The third-order valence-corrected chi connectivity index (χ3v) is 3.21. The van der Waals surface area contributed by atoms with Crippen LogP contribution in [0.25, 0.3) is 0 Å². The number of rotatable bonds is 4. The number of nitrogens with two attached hydrogens (primary N) is 1. The third kappa shape index (κ3) is 5.31. The summed E-state index contributed by atoms with van der Waals surface area (Å²) in [5, 5.41) is 0. The van der Waals surface area contributed by atoms with E-state index in [2.05, 4.69) is 32.0 Å². The van der Waals surface area contributed by atoms with Crippen LogP contribution in [0.3, 0.4) is 0 Å². The average Bonchev–Trinajstić information content (AvgIpc) is 2.87. The Bertz CT molecular complexity index is 432. The number of hydrogen-bond donors (Lipinski definition) is 1. The molecule has 0 radical (unpaired) electrons. The molecule has 1 rings (SSSR count). The summed E-state index contributed by atoms with van der Waals surface area (Å²) < 4.78 is 0. The molecule has 0 aromatic carbocycles. The lowest BCUT2D eigenvalue weighted by molar-refractivity contribution is -0.126. The summed E-state index contributed by atoms with van der Waals surface area (Å²) >= 11 is 0. The van der Waals surface area contributed by atoms with Gasteiger partial charge in [-0.05, 0) is 50.1 Å². The first kappa shape index (κ1) is 18.0. The van der Waals surface area contributed by atoms with Gasteiger partial charge in [-0.15, -0.1) is 0 Å². The van der Waals surface area contributed by atoms with Crippen molar-refractivity contribution < 1.29 is 4.79 Å². The van der Waals surface area contributed by atoms with E-state index in [0.717, 1.165) is 36.1 Å². The molecule has 0 spiro atoms. The zero-order valence-electron chi connectivity index (χ0n) is 12.7. The van der Waals surface area contributed by atoms with Crippen LogP contribution in [0.1, 0.15) is 26.7 Å². The summed E-state index contributed by atoms with van der Waals surface area (Å²) in [6.07, 6.45) is 6.67. The van der Waals surface area contributed by atoms with Gasteiger partial charge in [0, 0.05) is 6.54 Å². The van der Waals surface area contributed by atoms with Gasteiger partial charge in [-0.1, -0.05) is 38.0 Å². The van der Waals surface area contributed by atoms with Crippen LogP contribution in [0.2, 0.25) is 0 Å². The Morgan fingerprint density at radius 1 is 1.30 bits per heavy atom. The summed E-state index contributed by atoms with van der Waals surface area (Å²) in [5.74, 6) is -0.00460. The maximum Gasteiger partial charge on any atom is 0.246 e. The molecule has 3 heteroatoms. The Balaban J connectivity index is 0.00000110. The van der Waals surface area contributed by atoms with Gasteiger partial charge in [0.15, 0.2) is 0 Å². The molecule has 2 N–H and O–H groups in total. The average molecular weight is 274 g/mol. The zero-order valence-corrected chi connectivity index (χ0v) is 12.7. The van der Waals surface area contributed by atoms with E-state index in [4.69, 9.17) is 0 Å². The lowest BCUT2D eigenvalue weighted by Gasteiger charge is -2.24. The molecule has 0 aliphatic carbocycles. The van der Waals surface area contributed by atoms with Gasteiger partial charge in [-0.2, -0.15) is 0 Å². The summed E-state index contributed by atoms with van der Waals surface area (Å²) in [5.41, 5.74) is 7.75. The summed E-state index contributed by atoms with van der Waals surface area (Å²) in [4.78, 5) is 13.5. The monoisotopic (exact) mass is 274 g/mol. The highest BCUT2D eigenvalue weighted by atomic mass is 16.2. The van der Waals surface area contributed by atoms with Gasteiger partial charge in [-0.3, -0.25) is 4.79 Å². The van der Waals surface area contributed by atoms with Crippen molar-refractivity contribution in [1.82, 2.24) is 4.90 Å². The van der Waals surface area contributed by atoms with Crippen LogP contribution in [-0.2, 0) is 4.79 Å². The smallest absolute Gasteiger partial charge is 0.246 e. The van der Waals surface area contributed by atoms with E-state index in [1.807, 2.05) is 24.8 Å². The number of carbonyl (C=O) groups is 1. The third-order valence-electron chi connectivity index (χ3n) is 3.21. The predicted molar refractivity (Wildman–Crippen MR) is 87.0 cm³/mol. The molecular weight excluding hydrogens is 248 g/mol. The van der Waals surface area contributed by atoms with Gasteiger partial charge in [0.25, 0.3) is 0 Å².